The lowest BCUT2D eigenvalue weighted by molar-refractivity contribution is -0.208. The number of carbonyl (C=O) groups is 4. The van der Waals surface area contributed by atoms with Gasteiger partial charge in [0.2, 0.25) is 0 Å². The quantitative estimate of drug-likeness (QED) is 0.412. The summed E-state index contributed by atoms with van der Waals surface area (Å²) < 4.78 is 59.9. The Labute approximate surface area is 248 Å². The number of hydroxylamine groups is 2. The fourth-order valence-corrected chi connectivity index (χ4v) is 5.03. The maximum absolute atomic E-state index is 14.4. The zero-order valence-corrected chi connectivity index (χ0v) is 25.5. The van der Waals surface area contributed by atoms with Gasteiger partial charge in [-0.15, -0.1) is 5.06 Å². The first-order chi connectivity index (χ1) is 19.8. The average molecular weight is 617 g/mol. The van der Waals surface area contributed by atoms with Crippen molar-refractivity contribution in [3.63, 3.8) is 0 Å². The van der Waals surface area contributed by atoms with Crippen LogP contribution >= 0.6 is 0 Å². The maximum Gasteiger partial charge on any atom is 0.330 e. The molecule has 0 aliphatic carbocycles. The van der Waals surface area contributed by atoms with E-state index < -0.39 is 65.2 Å². The summed E-state index contributed by atoms with van der Waals surface area (Å²) in [6.45, 7) is 11.5. The van der Waals surface area contributed by atoms with Crippen molar-refractivity contribution in [3.05, 3.63) is 23.3 Å². The van der Waals surface area contributed by atoms with Crippen LogP contribution in [0.2, 0.25) is 0 Å². The fourth-order valence-electron chi connectivity index (χ4n) is 5.03. The molecule has 1 unspecified atom stereocenters. The number of rotatable bonds is 9. The third-order valence-corrected chi connectivity index (χ3v) is 7.21. The molecule has 0 radical (unpaired) electrons. The summed E-state index contributed by atoms with van der Waals surface area (Å²) in [5, 5.41) is 3.50. The van der Waals surface area contributed by atoms with E-state index in [9.17, 15) is 36.7 Å². The largest absolute Gasteiger partial charge is 0.476 e. The van der Waals surface area contributed by atoms with Crippen LogP contribution in [-0.4, -0.2) is 83.9 Å². The molecule has 1 aromatic rings. The molecular weight excluding hydrogens is 576 g/mol. The number of halogens is 4. The first kappa shape index (κ1) is 34.1. The lowest BCUT2D eigenvalue weighted by Crippen LogP contribution is -2.55. The molecule has 1 saturated heterocycles. The molecule has 3 rings (SSSR count). The van der Waals surface area contributed by atoms with E-state index in [2.05, 4.69) is 0 Å². The molecule has 2 aliphatic heterocycles. The molecule has 10 nitrogen and oxygen atoms in total. The van der Waals surface area contributed by atoms with E-state index in [4.69, 9.17) is 9.57 Å². The van der Waals surface area contributed by atoms with Gasteiger partial charge in [-0.2, -0.15) is 8.78 Å². The normalized spacial score (nSPS) is 18.9. The van der Waals surface area contributed by atoms with Gasteiger partial charge in [-0.1, -0.05) is 0 Å². The summed E-state index contributed by atoms with van der Waals surface area (Å²) >= 11 is 0. The summed E-state index contributed by atoms with van der Waals surface area (Å²) in [5.41, 5.74) is -3.21. The Morgan fingerprint density at radius 3 is 2.37 bits per heavy atom. The number of nitrogens with zero attached hydrogens (tertiary/aromatic N) is 3. The summed E-state index contributed by atoms with van der Waals surface area (Å²) in [7, 11) is 0. The highest BCUT2D eigenvalue weighted by molar-refractivity contribution is 6.05. The number of hydrogen-bond acceptors (Lipinski definition) is 7. The highest BCUT2D eigenvalue weighted by Crippen LogP contribution is 2.42. The van der Waals surface area contributed by atoms with Crippen LogP contribution in [-0.2, 0) is 19.2 Å². The zero-order chi connectivity index (χ0) is 32.4. The number of nitrogens with one attached hydrogen (secondary N) is 1. The van der Waals surface area contributed by atoms with Gasteiger partial charge in [-0.25, -0.2) is 13.6 Å². The van der Waals surface area contributed by atoms with Crippen molar-refractivity contribution < 1.29 is 46.3 Å². The standard InChI is InChI=1S/C29H40F4N4O6/c1-16(2)37(17-9-8-11-35(15-17)43-27(41)28(3,4)5)25(39)19-13-20-21(14-18(19)22(30)31)42-29(6,7)26(40)36(20)12-10-34-24(38)23(32)33/h13-14,16-17,22-23H,8-12,15H2,1-7H3,(H,34,38). The molecule has 2 heterocycles. The van der Waals surface area contributed by atoms with Gasteiger partial charge in [-0.05, 0) is 73.4 Å². The van der Waals surface area contributed by atoms with Crippen LogP contribution in [0, 0.1) is 5.41 Å². The molecule has 0 spiro atoms. The highest BCUT2D eigenvalue weighted by Gasteiger charge is 2.43. The Bertz CT molecular complexity index is 1230. The number of alkyl halides is 4. The van der Waals surface area contributed by atoms with Crippen molar-refractivity contribution >= 4 is 29.4 Å². The van der Waals surface area contributed by atoms with Gasteiger partial charge in [0.15, 0.2) is 5.60 Å². The third-order valence-electron chi connectivity index (χ3n) is 7.21. The van der Waals surface area contributed by atoms with Gasteiger partial charge in [0.25, 0.3) is 24.1 Å². The minimum absolute atomic E-state index is 0.00328. The second-order valence-corrected chi connectivity index (χ2v) is 12.5. The van der Waals surface area contributed by atoms with E-state index in [1.54, 1.807) is 34.6 Å². The molecule has 0 saturated carbocycles. The lowest BCUT2D eigenvalue weighted by Gasteiger charge is -2.42. The number of anilines is 1. The number of carbonyl (C=O) groups excluding carboxylic acids is 4. The molecule has 1 atom stereocenters. The Balaban J connectivity index is 1.99. The van der Waals surface area contributed by atoms with Gasteiger partial charge >= 0.3 is 12.4 Å². The number of benzene rings is 1. The van der Waals surface area contributed by atoms with Crippen molar-refractivity contribution in [2.45, 2.75) is 91.8 Å². The molecule has 14 heteroatoms. The second-order valence-electron chi connectivity index (χ2n) is 12.5. The van der Waals surface area contributed by atoms with Crippen LogP contribution in [0.4, 0.5) is 23.2 Å². The molecule has 1 N–H and O–H groups in total. The third kappa shape index (κ3) is 7.76. The fraction of sp³-hybridized carbons (Fsp3) is 0.655. The van der Waals surface area contributed by atoms with E-state index in [0.29, 0.717) is 19.4 Å². The highest BCUT2D eigenvalue weighted by atomic mass is 19.3. The van der Waals surface area contributed by atoms with E-state index in [-0.39, 0.29) is 36.6 Å². The number of ether oxygens (including phenoxy) is 1. The van der Waals surface area contributed by atoms with E-state index in [0.717, 1.165) is 17.0 Å². The maximum atomic E-state index is 14.4. The Kier molecular flexibility index (Phi) is 10.4. The van der Waals surface area contributed by atoms with Crippen molar-refractivity contribution in [3.8, 4) is 5.75 Å². The first-order valence-electron chi connectivity index (χ1n) is 14.2. The summed E-state index contributed by atoms with van der Waals surface area (Å²) in [5.74, 6) is -3.39. The molecule has 3 amide bonds. The SMILES string of the molecule is CC(C)N(C(=O)c1cc2c(cc1C(F)F)OC(C)(C)C(=O)N2CCNC(=O)C(F)F)C1CCCN(OC(=O)C(C)(C)C)C1. The first-order valence-corrected chi connectivity index (χ1v) is 14.2. The number of amides is 3. The lowest BCUT2D eigenvalue weighted by atomic mass is 9.97. The molecular formula is C29H40F4N4O6. The van der Waals surface area contributed by atoms with Gasteiger partial charge in [0, 0.05) is 37.3 Å². The monoisotopic (exact) mass is 616 g/mol. The topological polar surface area (TPSA) is 108 Å². The Morgan fingerprint density at radius 2 is 1.81 bits per heavy atom. The van der Waals surface area contributed by atoms with Crippen LogP contribution in [0.15, 0.2) is 12.1 Å². The van der Waals surface area contributed by atoms with Gasteiger partial charge < -0.3 is 24.7 Å². The van der Waals surface area contributed by atoms with E-state index in [1.807, 2.05) is 5.32 Å². The molecule has 2 aliphatic rings. The predicted octanol–water partition coefficient (Wildman–Crippen LogP) is 4.33. The predicted molar refractivity (Wildman–Crippen MR) is 149 cm³/mol. The second kappa shape index (κ2) is 13.1. The molecule has 1 fully saturated rings. The minimum Gasteiger partial charge on any atom is -0.476 e. The summed E-state index contributed by atoms with van der Waals surface area (Å²) in [6, 6.07) is 1.25. The Hall–Kier alpha value is -3.42. The average Bonchev–Trinajstić information content (AvgIpc) is 2.89. The van der Waals surface area contributed by atoms with Crippen LogP contribution < -0.4 is 15.0 Å². The van der Waals surface area contributed by atoms with E-state index in [1.165, 1.54) is 23.8 Å². The van der Waals surface area contributed by atoms with Crippen LogP contribution in [0.1, 0.15) is 83.7 Å². The van der Waals surface area contributed by atoms with Crippen LogP contribution in [0.25, 0.3) is 0 Å². The molecule has 1 aromatic carbocycles. The molecule has 43 heavy (non-hydrogen) atoms. The smallest absolute Gasteiger partial charge is 0.330 e. The van der Waals surface area contributed by atoms with Crippen molar-refractivity contribution in [1.29, 1.82) is 0 Å². The molecule has 0 bridgehead atoms. The van der Waals surface area contributed by atoms with Crippen molar-refractivity contribution in [2.24, 2.45) is 5.41 Å². The van der Waals surface area contributed by atoms with Crippen molar-refractivity contribution in [1.82, 2.24) is 15.3 Å². The van der Waals surface area contributed by atoms with Crippen LogP contribution in [0.5, 0.6) is 5.75 Å². The van der Waals surface area contributed by atoms with Gasteiger partial charge in [-0.3, -0.25) is 14.4 Å². The summed E-state index contributed by atoms with van der Waals surface area (Å²) in [6.07, 6.45) is -5.21. The molecule has 0 aromatic heterocycles. The summed E-state index contributed by atoms with van der Waals surface area (Å²) in [4.78, 5) is 59.3. The zero-order valence-electron chi connectivity index (χ0n) is 25.5. The minimum atomic E-state index is -3.25. The van der Waals surface area contributed by atoms with Gasteiger partial charge in [0.1, 0.15) is 5.75 Å². The number of fused-ring (bicyclic) bond motifs is 1. The van der Waals surface area contributed by atoms with Crippen molar-refractivity contribution in [2.75, 3.05) is 31.1 Å². The van der Waals surface area contributed by atoms with Gasteiger partial charge in [0.05, 0.1) is 23.2 Å². The number of piperidine rings is 1. The van der Waals surface area contributed by atoms with E-state index >= 15 is 0 Å². The number of hydrogen-bond donors (Lipinski definition) is 1. The van der Waals surface area contributed by atoms with Crippen LogP contribution in [0.3, 0.4) is 0 Å². The Morgan fingerprint density at radius 1 is 1.16 bits per heavy atom. The molecule has 240 valence electrons.